The maximum absolute atomic E-state index is 11.5. The van der Waals surface area contributed by atoms with Crippen LogP contribution in [0.3, 0.4) is 0 Å². The van der Waals surface area contributed by atoms with Crippen LogP contribution in [0.1, 0.15) is 45.7 Å². The molecule has 0 radical (unpaired) electrons. The average Bonchev–Trinajstić information content (AvgIpc) is 2.34. The highest BCUT2D eigenvalue weighted by Gasteiger charge is 2.13. The van der Waals surface area contributed by atoms with Crippen molar-refractivity contribution in [1.82, 2.24) is 0 Å². The summed E-state index contributed by atoms with van der Waals surface area (Å²) in [5.41, 5.74) is 3.08. The summed E-state index contributed by atoms with van der Waals surface area (Å²) in [5, 5.41) is 0. The van der Waals surface area contributed by atoms with E-state index in [9.17, 15) is 4.79 Å². The molecule has 2 heteroatoms. The lowest BCUT2D eigenvalue weighted by Crippen LogP contribution is -2.11. The maximum Gasteiger partial charge on any atom is 0.333 e. The van der Waals surface area contributed by atoms with Crippen molar-refractivity contribution in [1.29, 1.82) is 0 Å². The minimum absolute atomic E-state index is 0.150. The summed E-state index contributed by atoms with van der Waals surface area (Å²) in [6, 6.07) is 8.20. The normalized spacial score (nSPS) is 12.4. The minimum atomic E-state index is -0.252. The van der Waals surface area contributed by atoms with Gasteiger partial charge in [-0.25, -0.2) is 4.79 Å². The lowest BCUT2D eigenvalue weighted by atomic mass is 9.87. The number of esters is 1. The third-order valence-corrected chi connectivity index (χ3v) is 2.94. The first-order chi connectivity index (χ1) is 8.34. The van der Waals surface area contributed by atoms with E-state index in [1.807, 2.05) is 19.1 Å². The zero-order valence-corrected chi connectivity index (χ0v) is 11.9. The number of allylic oxidation sites excluding steroid dienone is 1. The van der Waals surface area contributed by atoms with Gasteiger partial charge in [0, 0.05) is 5.57 Å². The van der Waals surface area contributed by atoms with E-state index in [4.69, 9.17) is 4.74 Å². The number of hydrogen-bond acceptors (Lipinski definition) is 2. The summed E-state index contributed by atoms with van der Waals surface area (Å²) >= 11 is 0. The molecule has 0 saturated carbocycles. The Morgan fingerprint density at radius 1 is 1.22 bits per heavy atom. The van der Waals surface area contributed by atoms with Gasteiger partial charge in [0.2, 0.25) is 0 Å². The summed E-state index contributed by atoms with van der Waals surface area (Å²) in [6.45, 7) is 10.4. The van der Waals surface area contributed by atoms with Gasteiger partial charge in [-0.2, -0.15) is 0 Å². The van der Waals surface area contributed by atoms with Crippen LogP contribution in [0.25, 0.3) is 0 Å². The van der Waals surface area contributed by atoms with Crippen LogP contribution < -0.4 is 0 Å². The number of ether oxygens (including phenoxy) is 1. The fraction of sp³-hybridized carbons (Fsp3) is 0.438. The maximum atomic E-state index is 11.5. The molecule has 1 aromatic carbocycles. The highest BCUT2D eigenvalue weighted by Crippen LogP contribution is 2.22. The second kappa shape index (κ2) is 5.85. The Morgan fingerprint density at radius 2 is 1.78 bits per heavy atom. The fourth-order valence-electron chi connectivity index (χ4n) is 1.48. The fourth-order valence-corrected chi connectivity index (χ4v) is 1.48. The van der Waals surface area contributed by atoms with Gasteiger partial charge in [-0.3, -0.25) is 0 Å². The summed E-state index contributed by atoms with van der Waals surface area (Å²) in [6.07, 6.45) is 1.75. The molecule has 18 heavy (non-hydrogen) atoms. The van der Waals surface area contributed by atoms with Crippen LogP contribution in [0.15, 0.2) is 35.9 Å². The van der Waals surface area contributed by atoms with Crippen LogP contribution >= 0.6 is 0 Å². The van der Waals surface area contributed by atoms with E-state index in [0.29, 0.717) is 12.2 Å². The molecule has 0 unspecified atom stereocenters. The highest BCUT2D eigenvalue weighted by atomic mass is 16.5. The molecule has 0 saturated heterocycles. The van der Waals surface area contributed by atoms with Crippen molar-refractivity contribution in [2.75, 3.05) is 0 Å². The molecule has 0 aromatic heterocycles. The van der Waals surface area contributed by atoms with Gasteiger partial charge < -0.3 is 4.74 Å². The van der Waals surface area contributed by atoms with Gasteiger partial charge in [-0.05, 0) is 30.4 Å². The zero-order valence-electron chi connectivity index (χ0n) is 11.9. The van der Waals surface area contributed by atoms with Gasteiger partial charge in [0.25, 0.3) is 0 Å². The second-order valence-electron chi connectivity index (χ2n) is 5.49. The van der Waals surface area contributed by atoms with Crippen LogP contribution in [0.5, 0.6) is 0 Å². The number of carbonyl (C=O) groups excluding carboxylic acids is 1. The smallest absolute Gasteiger partial charge is 0.333 e. The minimum Gasteiger partial charge on any atom is -0.457 e. The molecule has 0 bridgehead atoms. The molecule has 1 rings (SSSR count). The third-order valence-electron chi connectivity index (χ3n) is 2.94. The Bertz CT molecular complexity index is 433. The van der Waals surface area contributed by atoms with Crippen LogP contribution in [0.4, 0.5) is 0 Å². The Hall–Kier alpha value is -1.57. The van der Waals surface area contributed by atoms with Crippen molar-refractivity contribution < 1.29 is 9.53 Å². The molecule has 1 aromatic rings. The molecule has 98 valence electrons. The molecule has 0 aliphatic heterocycles. The molecule has 0 amide bonds. The van der Waals surface area contributed by atoms with E-state index >= 15 is 0 Å². The molecule has 0 spiro atoms. The molecular weight excluding hydrogens is 224 g/mol. The zero-order chi connectivity index (χ0) is 13.8. The Balaban J connectivity index is 2.63. The first-order valence-electron chi connectivity index (χ1n) is 6.24. The summed E-state index contributed by atoms with van der Waals surface area (Å²) in [7, 11) is 0. The van der Waals surface area contributed by atoms with E-state index < -0.39 is 0 Å². The van der Waals surface area contributed by atoms with Crippen molar-refractivity contribution in [3.63, 3.8) is 0 Å². The van der Waals surface area contributed by atoms with Gasteiger partial charge >= 0.3 is 5.97 Å². The largest absolute Gasteiger partial charge is 0.457 e. The number of carbonyl (C=O) groups is 1. The van der Waals surface area contributed by atoms with Gasteiger partial charge in [0.05, 0.1) is 0 Å². The van der Waals surface area contributed by atoms with Crippen LogP contribution in [0, 0.1) is 0 Å². The van der Waals surface area contributed by atoms with Crippen LogP contribution in [0.2, 0.25) is 0 Å². The molecule has 0 N–H and O–H groups in total. The Labute approximate surface area is 110 Å². The molecule has 0 atom stereocenters. The topological polar surface area (TPSA) is 26.3 Å². The van der Waals surface area contributed by atoms with Crippen molar-refractivity contribution in [2.24, 2.45) is 0 Å². The summed E-state index contributed by atoms with van der Waals surface area (Å²) in [5.74, 6) is -0.252. The second-order valence-corrected chi connectivity index (χ2v) is 5.49. The van der Waals surface area contributed by atoms with Gasteiger partial charge in [0.1, 0.15) is 6.61 Å². The van der Waals surface area contributed by atoms with Crippen molar-refractivity contribution in [3.05, 3.63) is 47.0 Å². The third kappa shape index (κ3) is 4.02. The quantitative estimate of drug-likeness (QED) is 0.595. The molecular formula is C16H22O2. The van der Waals surface area contributed by atoms with E-state index in [1.54, 1.807) is 13.0 Å². The first-order valence-corrected chi connectivity index (χ1v) is 6.24. The SMILES string of the molecule is C/C=C(/C)C(=O)OCc1ccc(C(C)(C)C)cc1. The number of hydrogen-bond donors (Lipinski definition) is 0. The van der Waals surface area contributed by atoms with Gasteiger partial charge in [-0.15, -0.1) is 0 Å². The lowest BCUT2D eigenvalue weighted by Gasteiger charge is -2.19. The predicted octanol–water partition coefficient (Wildman–Crippen LogP) is 3.99. The lowest BCUT2D eigenvalue weighted by molar-refractivity contribution is -0.140. The molecule has 0 fully saturated rings. The number of rotatable bonds is 3. The highest BCUT2D eigenvalue weighted by molar-refractivity contribution is 5.87. The van der Waals surface area contributed by atoms with Gasteiger partial charge in [0.15, 0.2) is 0 Å². The van der Waals surface area contributed by atoms with E-state index in [2.05, 4.69) is 32.9 Å². The molecule has 2 nitrogen and oxygen atoms in total. The average molecular weight is 246 g/mol. The Morgan fingerprint density at radius 3 is 2.22 bits per heavy atom. The first kappa shape index (κ1) is 14.5. The van der Waals surface area contributed by atoms with E-state index in [-0.39, 0.29) is 11.4 Å². The predicted molar refractivity (Wildman–Crippen MR) is 74.4 cm³/mol. The molecule has 0 heterocycles. The van der Waals surface area contributed by atoms with Crippen molar-refractivity contribution in [2.45, 2.75) is 46.6 Å². The Kier molecular flexibility index (Phi) is 4.71. The standard InChI is InChI=1S/C16H22O2/c1-6-12(2)15(17)18-11-13-7-9-14(10-8-13)16(3,4)5/h6-10H,11H2,1-5H3/b12-6-. The van der Waals surface area contributed by atoms with Crippen molar-refractivity contribution in [3.8, 4) is 0 Å². The van der Waals surface area contributed by atoms with Gasteiger partial charge in [-0.1, -0.05) is 51.1 Å². The molecule has 0 aliphatic carbocycles. The number of benzene rings is 1. The van der Waals surface area contributed by atoms with E-state index in [0.717, 1.165) is 5.56 Å². The van der Waals surface area contributed by atoms with E-state index in [1.165, 1.54) is 5.56 Å². The van der Waals surface area contributed by atoms with Crippen molar-refractivity contribution >= 4 is 5.97 Å². The molecule has 0 aliphatic rings. The summed E-state index contributed by atoms with van der Waals surface area (Å²) in [4.78, 5) is 11.5. The monoisotopic (exact) mass is 246 g/mol. The van der Waals surface area contributed by atoms with Crippen LogP contribution in [-0.2, 0) is 21.6 Å². The van der Waals surface area contributed by atoms with Crippen LogP contribution in [-0.4, -0.2) is 5.97 Å². The summed E-state index contributed by atoms with van der Waals surface area (Å²) < 4.78 is 5.20.